The first-order chi connectivity index (χ1) is 10.5. The molecule has 2 rings (SSSR count). The van der Waals surface area contributed by atoms with Crippen LogP contribution in [0.25, 0.3) is 0 Å². The van der Waals surface area contributed by atoms with E-state index in [2.05, 4.69) is 10.6 Å². The van der Waals surface area contributed by atoms with Crippen LogP contribution in [0.1, 0.15) is 45.4 Å². The van der Waals surface area contributed by atoms with Crippen LogP contribution in [0.5, 0.6) is 0 Å². The van der Waals surface area contributed by atoms with Gasteiger partial charge >= 0.3 is 0 Å². The first-order valence-electron chi connectivity index (χ1n) is 8.49. The molecular formula is C15H29N3O3S. The monoisotopic (exact) mass is 331 g/mol. The molecular weight excluding hydrogens is 302 g/mol. The van der Waals surface area contributed by atoms with Crippen LogP contribution >= 0.6 is 0 Å². The second-order valence-corrected chi connectivity index (χ2v) is 8.54. The summed E-state index contributed by atoms with van der Waals surface area (Å²) in [6.07, 6.45) is 4.84. The van der Waals surface area contributed by atoms with Crippen LogP contribution in [0.4, 0.5) is 0 Å². The summed E-state index contributed by atoms with van der Waals surface area (Å²) in [6, 6.07) is 0.127. The average molecular weight is 331 g/mol. The van der Waals surface area contributed by atoms with Crippen molar-refractivity contribution >= 4 is 15.9 Å². The number of hydrogen-bond acceptors (Lipinski definition) is 4. The Bertz CT molecular complexity index is 453. The zero-order valence-corrected chi connectivity index (χ0v) is 14.3. The van der Waals surface area contributed by atoms with Crippen molar-refractivity contribution in [3.63, 3.8) is 0 Å². The van der Waals surface area contributed by atoms with Crippen molar-refractivity contribution in [3.8, 4) is 0 Å². The Morgan fingerprint density at radius 2 is 1.82 bits per heavy atom. The maximum atomic E-state index is 12.1. The number of nitrogens with one attached hydrogen (secondary N) is 2. The van der Waals surface area contributed by atoms with Gasteiger partial charge in [-0.1, -0.05) is 6.92 Å². The highest BCUT2D eigenvalue weighted by atomic mass is 32.2. The summed E-state index contributed by atoms with van der Waals surface area (Å²) in [5.74, 6) is 0.841. The topological polar surface area (TPSA) is 78.5 Å². The number of amides is 1. The van der Waals surface area contributed by atoms with Crippen LogP contribution < -0.4 is 10.6 Å². The molecule has 7 heteroatoms. The van der Waals surface area contributed by atoms with Crippen molar-refractivity contribution in [1.82, 2.24) is 14.9 Å². The van der Waals surface area contributed by atoms with Crippen LogP contribution in [0.15, 0.2) is 0 Å². The van der Waals surface area contributed by atoms with E-state index in [4.69, 9.17) is 0 Å². The minimum Gasteiger partial charge on any atom is -0.353 e. The van der Waals surface area contributed by atoms with E-state index in [0.717, 1.165) is 38.8 Å². The zero-order valence-electron chi connectivity index (χ0n) is 13.5. The quantitative estimate of drug-likeness (QED) is 0.751. The van der Waals surface area contributed by atoms with E-state index in [1.54, 1.807) is 4.31 Å². The molecule has 0 aromatic rings. The molecule has 2 N–H and O–H groups in total. The van der Waals surface area contributed by atoms with E-state index in [1.165, 1.54) is 0 Å². The molecule has 1 amide bonds. The Balaban J connectivity index is 1.71. The molecule has 0 bridgehead atoms. The number of hydrogen-bond donors (Lipinski definition) is 2. The van der Waals surface area contributed by atoms with Gasteiger partial charge < -0.3 is 10.6 Å². The lowest BCUT2D eigenvalue weighted by atomic mass is 9.94. The molecule has 2 saturated heterocycles. The minimum absolute atomic E-state index is 0.127. The number of sulfonamides is 1. The second kappa shape index (κ2) is 8.26. The van der Waals surface area contributed by atoms with Crippen LogP contribution in [0, 0.1) is 5.92 Å². The van der Waals surface area contributed by atoms with E-state index in [9.17, 15) is 13.2 Å². The van der Waals surface area contributed by atoms with Crippen molar-refractivity contribution in [2.24, 2.45) is 5.92 Å². The molecule has 2 aliphatic rings. The lowest BCUT2D eigenvalue weighted by molar-refractivity contribution is -0.123. The van der Waals surface area contributed by atoms with E-state index in [0.29, 0.717) is 31.8 Å². The van der Waals surface area contributed by atoms with Crippen molar-refractivity contribution in [1.29, 1.82) is 0 Å². The molecule has 0 radical (unpaired) electrons. The van der Waals surface area contributed by atoms with E-state index in [1.807, 2.05) is 6.92 Å². The van der Waals surface area contributed by atoms with Crippen LogP contribution in [0.3, 0.4) is 0 Å². The lowest BCUT2D eigenvalue weighted by Crippen LogP contribution is -2.47. The highest BCUT2D eigenvalue weighted by molar-refractivity contribution is 7.89. The third-order valence-corrected chi connectivity index (χ3v) is 6.68. The number of carbonyl (C=O) groups excluding carboxylic acids is 1. The average Bonchev–Trinajstić information content (AvgIpc) is 2.48. The van der Waals surface area contributed by atoms with E-state index >= 15 is 0 Å². The van der Waals surface area contributed by atoms with Gasteiger partial charge in [0.1, 0.15) is 0 Å². The van der Waals surface area contributed by atoms with Crippen LogP contribution in [-0.2, 0) is 14.8 Å². The Labute approximate surface area is 134 Å². The van der Waals surface area contributed by atoms with Gasteiger partial charge in [-0.2, -0.15) is 0 Å². The van der Waals surface area contributed by atoms with Gasteiger partial charge in [0.05, 0.1) is 5.75 Å². The van der Waals surface area contributed by atoms with Crippen molar-refractivity contribution < 1.29 is 13.2 Å². The number of carbonyl (C=O) groups is 1. The highest BCUT2D eigenvalue weighted by Crippen LogP contribution is 2.18. The number of piperidine rings is 2. The van der Waals surface area contributed by atoms with Gasteiger partial charge in [-0.25, -0.2) is 12.7 Å². The minimum atomic E-state index is -3.09. The van der Waals surface area contributed by atoms with Gasteiger partial charge in [0.2, 0.25) is 15.9 Å². The fourth-order valence-corrected chi connectivity index (χ4v) is 4.84. The molecule has 0 aromatic carbocycles. The third kappa shape index (κ3) is 5.21. The molecule has 0 unspecified atom stereocenters. The maximum absolute atomic E-state index is 12.1. The summed E-state index contributed by atoms with van der Waals surface area (Å²) >= 11 is 0. The Morgan fingerprint density at radius 1 is 1.18 bits per heavy atom. The van der Waals surface area contributed by atoms with Gasteiger partial charge in [-0.3, -0.25) is 4.79 Å². The predicted octanol–water partition coefficient (Wildman–Crippen LogP) is 0.697. The van der Waals surface area contributed by atoms with E-state index < -0.39 is 10.0 Å². The molecule has 0 aliphatic carbocycles. The second-order valence-electron chi connectivity index (χ2n) is 6.45. The smallest absolute Gasteiger partial charge is 0.220 e. The highest BCUT2D eigenvalue weighted by Gasteiger charge is 2.28. The Morgan fingerprint density at radius 3 is 2.41 bits per heavy atom. The maximum Gasteiger partial charge on any atom is 0.220 e. The first kappa shape index (κ1) is 17.7. The fourth-order valence-electron chi connectivity index (χ4n) is 3.30. The molecule has 128 valence electrons. The van der Waals surface area contributed by atoms with Crippen molar-refractivity contribution in [2.75, 3.05) is 31.9 Å². The molecule has 22 heavy (non-hydrogen) atoms. The molecule has 0 spiro atoms. The van der Waals surface area contributed by atoms with Gasteiger partial charge in [0.25, 0.3) is 0 Å². The first-order valence-corrected chi connectivity index (χ1v) is 10.1. The lowest BCUT2D eigenvalue weighted by Gasteiger charge is -2.32. The SMILES string of the molecule is CCCS(=O)(=O)N1CCC(NC(=O)CC2CCNCC2)CC1. The van der Waals surface area contributed by atoms with Gasteiger partial charge in [0.15, 0.2) is 0 Å². The Kier molecular flexibility index (Phi) is 6.65. The van der Waals surface area contributed by atoms with Crippen LogP contribution in [0.2, 0.25) is 0 Å². The van der Waals surface area contributed by atoms with Crippen LogP contribution in [-0.4, -0.2) is 56.6 Å². The zero-order chi connectivity index (χ0) is 16.0. The summed E-state index contributed by atoms with van der Waals surface area (Å²) in [5, 5.41) is 6.39. The summed E-state index contributed by atoms with van der Waals surface area (Å²) in [5.41, 5.74) is 0. The standard InChI is InChI=1S/C15H29N3O3S/c1-2-11-22(20,21)18-9-5-14(6-10-18)17-15(19)12-13-3-7-16-8-4-13/h13-14,16H,2-12H2,1H3,(H,17,19). The largest absolute Gasteiger partial charge is 0.353 e. The molecule has 2 aliphatic heterocycles. The molecule has 2 heterocycles. The summed E-state index contributed by atoms with van der Waals surface area (Å²) in [4.78, 5) is 12.1. The molecule has 2 fully saturated rings. The molecule has 0 saturated carbocycles. The van der Waals surface area contributed by atoms with Crippen molar-refractivity contribution in [3.05, 3.63) is 0 Å². The van der Waals surface area contributed by atoms with Crippen molar-refractivity contribution in [2.45, 2.75) is 51.5 Å². The normalized spacial score (nSPS) is 22.6. The molecule has 6 nitrogen and oxygen atoms in total. The number of nitrogens with zero attached hydrogens (tertiary/aromatic N) is 1. The van der Waals surface area contributed by atoms with Gasteiger partial charge in [-0.15, -0.1) is 0 Å². The number of rotatable bonds is 6. The summed E-state index contributed by atoms with van der Waals surface area (Å²) in [7, 11) is -3.09. The Hall–Kier alpha value is -0.660. The van der Waals surface area contributed by atoms with Gasteiger partial charge in [-0.05, 0) is 51.1 Å². The van der Waals surface area contributed by atoms with E-state index in [-0.39, 0.29) is 17.7 Å². The predicted molar refractivity (Wildman–Crippen MR) is 87.0 cm³/mol. The molecule has 0 aromatic heterocycles. The van der Waals surface area contributed by atoms with Gasteiger partial charge in [0, 0.05) is 25.6 Å². The third-order valence-electron chi connectivity index (χ3n) is 4.61. The summed E-state index contributed by atoms with van der Waals surface area (Å²) in [6.45, 7) is 4.95. The summed E-state index contributed by atoms with van der Waals surface area (Å²) < 4.78 is 25.6. The fraction of sp³-hybridized carbons (Fsp3) is 0.933. The molecule has 0 atom stereocenters.